The first-order valence-corrected chi connectivity index (χ1v) is 10.0. The maximum Gasteiger partial charge on any atom is 0.293 e. The van der Waals surface area contributed by atoms with Crippen LogP contribution < -0.4 is 20.1 Å². The summed E-state index contributed by atoms with van der Waals surface area (Å²) in [5.74, 6) is 0.266. The molecule has 1 heterocycles. The second-order valence-corrected chi connectivity index (χ2v) is 7.05. The maximum atomic E-state index is 13.0. The van der Waals surface area contributed by atoms with Crippen LogP contribution in [0.25, 0.3) is 11.0 Å². The number of amides is 2. The van der Waals surface area contributed by atoms with Gasteiger partial charge in [0.15, 0.2) is 6.10 Å². The molecule has 162 valence electrons. The average Bonchev–Trinajstić information content (AvgIpc) is 3.18. The molecule has 0 unspecified atom stereocenters. The van der Waals surface area contributed by atoms with E-state index in [2.05, 4.69) is 10.6 Å². The number of nitrogens with one attached hydrogen (secondary N) is 2. The number of carbonyl (C=O) groups is 2. The van der Waals surface area contributed by atoms with E-state index >= 15 is 0 Å². The van der Waals surface area contributed by atoms with Crippen LogP contribution >= 0.6 is 0 Å². The Morgan fingerprint density at radius 1 is 0.875 bits per heavy atom. The summed E-state index contributed by atoms with van der Waals surface area (Å²) < 4.78 is 16.7. The first-order valence-electron chi connectivity index (χ1n) is 10.0. The number of methoxy groups -OCH3 is 1. The zero-order valence-corrected chi connectivity index (χ0v) is 17.6. The highest BCUT2D eigenvalue weighted by atomic mass is 16.5. The van der Waals surface area contributed by atoms with E-state index in [9.17, 15) is 9.59 Å². The van der Waals surface area contributed by atoms with Crippen molar-refractivity contribution in [1.82, 2.24) is 0 Å². The fraction of sp³-hybridized carbons (Fsp3) is 0.120. The molecule has 1 atom stereocenters. The monoisotopic (exact) mass is 430 g/mol. The Morgan fingerprint density at radius 3 is 2.38 bits per heavy atom. The minimum atomic E-state index is -0.791. The van der Waals surface area contributed by atoms with Gasteiger partial charge in [0, 0.05) is 17.1 Å². The lowest BCUT2D eigenvalue weighted by Gasteiger charge is -2.15. The van der Waals surface area contributed by atoms with Gasteiger partial charge in [-0.05, 0) is 43.3 Å². The highest BCUT2D eigenvalue weighted by Crippen LogP contribution is 2.32. The second kappa shape index (κ2) is 9.26. The first-order chi connectivity index (χ1) is 15.5. The molecule has 2 amide bonds. The molecule has 0 spiro atoms. The van der Waals surface area contributed by atoms with E-state index in [1.165, 1.54) is 0 Å². The third-order valence-electron chi connectivity index (χ3n) is 4.80. The molecule has 1 aromatic heterocycles. The minimum Gasteiger partial charge on any atom is -0.497 e. The molecule has 4 rings (SSSR count). The maximum absolute atomic E-state index is 13.0. The molecule has 0 bridgehead atoms. The normalized spacial score (nSPS) is 11.6. The lowest BCUT2D eigenvalue weighted by Crippen LogP contribution is -2.30. The van der Waals surface area contributed by atoms with Crippen LogP contribution in [-0.4, -0.2) is 25.0 Å². The molecule has 0 aliphatic rings. The van der Waals surface area contributed by atoms with Crippen LogP contribution in [0.5, 0.6) is 11.5 Å². The standard InChI is InChI=1S/C25H22N2O5/c1-16(31-18-10-4-3-5-11-18)24(28)27-22-20-13-6-7-14-21(20)32-23(22)25(29)26-17-9-8-12-19(15-17)30-2/h3-16H,1-2H3,(H,26,29)(H,27,28)/t16-/m1/s1. The van der Waals surface area contributed by atoms with Gasteiger partial charge < -0.3 is 24.5 Å². The quantitative estimate of drug-likeness (QED) is 0.426. The number of anilines is 2. The number of carbonyl (C=O) groups excluding carboxylic acids is 2. The molecular weight excluding hydrogens is 408 g/mol. The largest absolute Gasteiger partial charge is 0.497 e. The number of furan rings is 1. The summed E-state index contributed by atoms with van der Waals surface area (Å²) in [6, 6.07) is 23.1. The summed E-state index contributed by atoms with van der Waals surface area (Å²) in [6.45, 7) is 1.64. The number of hydrogen-bond acceptors (Lipinski definition) is 5. The van der Waals surface area contributed by atoms with E-state index in [0.717, 1.165) is 0 Å². The minimum absolute atomic E-state index is 0.00530. The van der Waals surface area contributed by atoms with Crippen LogP contribution in [0.4, 0.5) is 11.4 Å². The van der Waals surface area contributed by atoms with Gasteiger partial charge in [-0.2, -0.15) is 0 Å². The smallest absolute Gasteiger partial charge is 0.293 e. The van der Waals surface area contributed by atoms with E-state index in [-0.39, 0.29) is 11.4 Å². The number of rotatable bonds is 7. The Balaban J connectivity index is 1.59. The number of para-hydroxylation sites is 2. The Hall–Kier alpha value is -4.26. The highest BCUT2D eigenvalue weighted by molar-refractivity contribution is 6.15. The summed E-state index contributed by atoms with van der Waals surface area (Å²) in [5.41, 5.74) is 1.30. The summed E-state index contributed by atoms with van der Waals surface area (Å²) in [4.78, 5) is 25.9. The van der Waals surface area contributed by atoms with Crippen LogP contribution in [0.1, 0.15) is 17.5 Å². The molecular formula is C25H22N2O5. The summed E-state index contributed by atoms with van der Waals surface area (Å²) in [5, 5.41) is 6.20. The molecule has 32 heavy (non-hydrogen) atoms. The van der Waals surface area contributed by atoms with Gasteiger partial charge >= 0.3 is 0 Å². The van der Waals surface area contributed by atoms with Crippen LogP contribution in [0, 0.1) is 0 Å². The van der Waals surface area contributed by atoms with Crippen molar-refractivity contribution in [2.45, 2.75) is 13.0 Å². The van der Waals surface area contributed by atoms with Crippen molar-refractivity contribution in [3.8, 4) is 11.5 Å². The van der Waals surface area contributed by atoms with Gasteiger partial charge in [0.1, 0.15) is 22.8 Å². The van der Waals surface area contributed by atoms with Gasteiger partial charge in [-0.25, -0.2) is 0 Å². The van der Waals surface area contributed by atoms with Crippen LogP contribution in [-0.2, 0) is 4.79 Å². The van der Waals surface area contributed by atoms with Crippen LogP contribution in [0.15, 0.2) is 83.3 Å². The Labute approximate surface area is 184 Å². The molecule has 7 nitrogen and oxygen atoms in total. The molecule has 0 aliphatic heterocycles. The van der Waals surface area contributed by atoms with Crippen molar-refractivity contribution in [2.75, 3.05) is 17.7 Å². The summed E-state index contributed by atoms with van der Waals surface area (Å²) >= 11 is 0. The SMILES string of the molecule is COc1cccc(NC(=O)c2oc3ccccc3c2NC(=O)[C@@H](C)Oc2ccccc2)c1. The van der Waals surface area contributed by atoms with Crippen molar-refractivity contribution in [3.05, 3.63) is 84.6 Å². The molecule has 7 heteroatoms. The van der Waals surface area contributed by atoms with Crippen molar-refractivity contribution in [3.63, 3.8) is 0 Å². The zero-order chi connectivity index (χ0) is 22.5. The molecule has 4 aromatic rings. The number of hydrogen-bond donors (Lipinski definition) is 2. The predicted molar refractivity (Wildman–Crippen MR) is 122 cm³/mol. The van der Waals surface area contributed by atoms with Crippen molar-refractivity contribution >= 4 is 34.2 Å². The van der Waals surface area contributed by atoms with Crippen molar-refractivity contribution in [2.24, 2.45) is 0 Å². The first kappa shape index (κ1) is 21.0. The third-order valence-corrected chi connectivity index (χ3v) is 4.80. The fourth-order valence-electron chi connectivity index (χ4n) is 3.20. The zero-order valence-electron chi connectivity index (χ0n) is 17.6. The van der Waals surface area contributed by atoms with E-state index in [0.29, 0.717) is 28.2 Å². The number of fused-ring (bicyclic) bond motifs is 1. The molecule has 2 N–H and O–H groups in total. The molecule has 3 aromatic carbocycles. The summed E-state index contributed by atoms with van der Waals surface area (Å²) in [6.07, 6.45) is -0.791. The topological polar surface area (TPSA) is 89.8 Å². The third kappa shape index (κ3) is 4.57. The molecule has 0 fully saturated rings. The Morgan fingerprint density at radius 2 is 1.59 bits per heavy atom. The molecule has 0 saturated heterocycles. The highest BCUT2D eigenvalue weighted by Gasteiger charge is 2.25. The van der Waals surface area contributed by atoms with E-state index in [1.807, 2.05) is 18.2 Å². The van der Waals surface area contributed by atoms with Gasteiger partial charge in [-0.3, -0.25) is 9.59 Å². The lowest BCUT2D eigenvalue weighted by molar-refractivity contribution is -0.122. The molecule has 0 saturated carbocycles. The number of benzene rings is 3. The molecule has 0 radical (unpaired) electrons. The van der Waals surface area contributed by atoms with Crippen LogP contribution in [0.2, 0.25) is 0 Å². The van der Waals surface area contributed by atoms with Crippen molar-refractivity contribution < 1.29 is 23.5 Å². The lowest BCUT2D eigenvalue weighted by atomic mass is 10.2. The van der Waals surface area contributed by atoms with E-state index < -0.39 is 17.9 Å². The van der Waals surface area contributed by atoms with Gasteiger partial charge in [0.05, 0.1) is 7.11 Å². The van der Waals surface area contributed by atoms with Gasteiger partial charge in [-0.15, -0.1) is 0 Å². The van der Waals surface area contributed by atoms with Crippen LogP contribution in [0.3, 0.4) is 0 Å². The predicted octanol–water partition coefficient (Wildman–Crippen LogP) is 5.10. The van der Waals surface area contributed by atoms with Gasteiger partial charge in [0.2, 0.25) is 5.76 Å². The number of ether oxygens (including phenoxy) is 2. The van der Waals surface area contributed by atoms with Crippen molar-refractivity contribution in [1.29, 1.82) is 0 Å². The molecule has 0 aliphatic carbocycles. The summed E-state index contributed by atoms with van der Waals surface area (Å²) in [7, 11) is 1.55. The van der Waals surface area contributed by atoms with Gasteiger partial charge in [0.25, 0.3) is 11.8 Å². The Bertz CT molecular complexity index is 1250. The Kier molecular flexibility index (Phi) is 6.07. The second-order valence-electron chi connectivity index (χ2n) is 7.05. The fourth-order valence-corrected chi connectivity index (χ4v) is 3.20. The van der Waals surface area contributed by atoms with E-state index in [4.69, 9.17) is 13.9 Å². The van der Waals surface area contributed by atoms with E-state index in [1.54, 1.807) is 74.7 Å². The van der Waals surface area contributed by atoms with Gasteiger partial charge in [-0.1, -0.05) is 36.4 Å². The average molecular weight is 430 g/mol.